The highest BCUT2D eigenvalue weighted by Crippen LogP contribution is 2.27. The van der Waals surface area contributed by atoms with Gasteiger partial charge in [-0.3, -0.25) is 9.36 Å². The van der Waals surface area contributed by atoms with Crippen LogP contribution in [0.3, 0.4) is 0 Å². The number of carbonyl (C=O) groups is 1. The lowest BCUT2D eigenvalue weighted by molar-refractivity contribution is -0.150. The Morgan fingerprint density at radius 3 is 2.92 bits per heavy atom. The Morgan fingerprint density at radius 1 is 1.48 bits per heavy atom. The maximum absolute atomic E-state index is 11.8. The minimum atomic E-state index is -0.834. The van der Waals surface area contributed by atoms with E-state index in [4.69, 9.17) is 20.3 Å². The molecule has 25 heavy (non-hydrogen) atoms. The molecular formula is C16H25N3O6. The molecule has 1 saturated heterocycles. The second kappa shape index (κ2) is 8.93. The van der Waals surface area contributed by atoms with E-state index in [-0.39, 0.29) is 24.9 Å². The van der Waals surface area contributed by atoms with Gasteiger partial charge in [-0.05, 0) is 38.7 Å². The van der Waals surface area contributed by atoms with Crippen molar-refractivity contribution >= 4 is 11.8 Å². The number of nitrogen functional groups attached to an aromatic ring is 1. The van der Waals surface area contributed by atoms with Crippen molar-refractivity contribution in [1.29, 1.82) is 0 Å². The minimum Gasteiger partial charge on any atom is -0.463 e. The van der Waals surface area contributed by atoms with E-state index >= 15 is 0 Å². The van der Waals surface area contributed by atoms with Crippen molar-refractivity contribution in [3.8, 4) is 0 Å². The molecule has 1 aliphatic heterocycles. The zero-order valence-electron chi connectivity index (χ0n) is 14.2. The van der Waals surface area contributed by atoms with Gasteiger partial charge in [0, 0.05) is 6.20 Å². The summed E-state index contributed by atoms with van der Waals surface area (Å²) in [5.74, 6) is -0.365. The zero-order valence-corrected chi connectivity index (χ0v) is 14.2. The summed E-state index contributed by atoms with van der Waals surface area (Å²) in [5, 5.41) is 18.9. The van der Waals surface area contributed by atoms with Gasteiger partial charge in [0.1, 0.15) is 18.7 Å². The van der Waals surface area contributed by atoms with Crippen molar-refractivity contribution < 1.29 is 24.5 Å². The second-order valence-electron chi connectivity index (χ2n) is 6.30. The van der Waals surface area contributed by atoms with E-state index in [0.29, 0.717) is 25.7 Å². The van der Waals surface area contributed by atoms with Crippen LogP contribution >= 0.6 is 0 Å². The topological polar surface area (TPSA) is 137 Å². The number of rotatable bonds is 8. The summed E-state index contributed by atoms with van der Waals surface area (Å²) < 4.78 is 12.2. The first kappa shape index (κ1) is 19.4. The van der Waals surface area contributed by atoms with Crippen molar-refractivity contribution in [3.63, 3.8) is 0 Å². The summed E-state index contributed by atoms with van der Waals surface area (Å²) in [7, 11) is 0. The van der Waals surface area contributed by atoms with Gasteiger partial charge in [0.05, 0.1) is 24.7 Å². The molecule has 4 atom stereocenters. The van der Waals surface area contributed by atoms with Gasteiger partial charge in [0.15, 0.2) is 0 Å². The summed E-state index contributed by atoms with van der Waals surface area (Å²) in [6.07, 6.45) is 1.29. The molecule has 1 aromatic heterocycles. The summed E-state index contributed by atoms with van der Waals surface area (Å²) >= 11 is 0. The SMILES string of the molecule is CC(O)CCC(O)CC(=O)OC[C@@H]1CC[C@H](n2ccc(N)nc2=O)O1. The van der Waals surface area contributed by atoms with Gasteiger partial charge >= 0.3 is 11.7 Å². The Labute approximate surface area is 145 Å². The van der Waals surface area contributed by atoms with Crippen LogP contribution in [0.2, 0.25) is 0 Å². The van der Waals surface area contributed by atoms with Crippen LogP contribution in [0.4, 0.5) is 5.82 Å². The summed E-state index contributed by atoms with van der Waals surface area (Å²) in [5.41, 5.74) is 4.97. The van der Waals surface area contributed by atoms with Gasteiger partial charge < -0.3 is 25.4 Å². The first-order valence-electron chi connectivity index (χ1n) is 8.37. The summed E-state index contributed by atoms with van der Waals surface area (Å²) in [6.45, 7) is 1.69. The highest BCUT2D eigenvalue weighted by Gasteiger charge is 2.28. The fraction of sp³-hybridized carbons (Fsp3) is 0.688. The number of hydrogen-bond donors (Lipinski definition) is 3. The molecule has 0 amide bonds. The van der Waals surface area contributed by atoms with Crippen molar-refractivity contribution in [2.75, 3.05) is 12.3 Å². The summed E-state index contributed by atoms with van der Waals surface area (Å²) in [6, 6.07) is 1.52. The van der Waals surface area contributed by atoms with Crippen LogP contribution in [0.5, 0.6) is 0 Å². The standard InChI is InChI=1S/C16H25N3O6/c1-10(20)2-3-11(21)8-15(22)24-9-12-4-5-14(25-12)19-7-6-13(17)18-16(19)23/h6-7,10-12,14,20-21H,2-5,8-9H2,1H3,(H2,17,18,23)/t10?,11?,12-,14+/m0/s1. The molecule has 1 fully saturated rings. The maximum atomic E-state index is 11.8. The monoisotopic (exact) mass is 355 g/mol. The van der Waals surface area contributed by atoms with E-state index in [2.05, 4.69) is 4.98 Å². The fourth-order valence-electron chi connectivity index (χ4n) is 2.63. The van der Waals surface area contributed by atoms with Crippen molar-refractivity contribution in [2.45, 2.75) is 63.6 Å². The van der Waals surface area contributed by atoms with Gasteiger partial charge in [-0.15, -0.1) is 0 Å². The molecule has 0 spiro atoms. The van der Waals surface area contributed by atoms with Crippen LogP contribution in [-0.4, -0.2) is 50.7 Å². The second-order valence-corrected chi connectivity index (χ2v) is 6.30. The van der Waals surface area contributed by atoms with E-state index in [9.17, 15) is 14.7 Å². The quantitative estimate of drug-likeness (QED) is 0.552. The minimum absolute atomic E-state index is 0.0651. The number of aliphatic hydroxyl groups excluding tert-OH is 2. The van der Waals surface area contributed by atoms with Gasteiger partial charge in [0.25, 0.3) is 0 Å². The number of aromatic nitrogens is 2. The maximum Gasteiger partial charge on any atom is 0.351 e. The van der Waals surface area contributed by atoms with E-state index in [1.54, 1.807) is 6.92 Å². The number of nitrogens with zero attached hydrogens (tertiary/aromatic N) is 2. The average Bonchev–Trinajstić information content (AvgIpc) is 2.99. The highest BCUT2D eigenvalue weighted by molar-refractivity contribution is 5.69. The lowest BCUT2D eigenvalue weighted by atomic mass is 10.1. The molecule has 0 aromatic carbocycles. The number of hydrogen-bond acceptors (Lipinski definition) is 8. The van der Waals surface area contributed by atoms with Crippen LogP contribution in [0.25, 0.3) is 0 Å². The first-order valence-corrected chi connectivity index (χ1v) is 8.37. The van der Waals surface area contributed by atoms with E-state index < -0.39 is 30.1 Å². The van der Waals surface area contributed by atoms with E-state index in [1.807, 2.05) is 0 Å². The van der Waals surface area contributed by atoms with Crippen LogP contribution < -0.4 is 11.4 Å². The molecule has 2 rings (SSSR count). The molecule has 9 nitrogen and oxygen atoms in total. The smallest absolute Gasteiger partial charge is 0.351 e. The fourth-order valence-corrected chi connectivity index (χ4v) is 2.63. The lowest BCUT2D eigenvalue weighted by Crippen LogP contribution is -2.28. The molecule has 1 aromatic rings. The Balaban J connectivity index is 1.74. The number of nitrogens with two attached hydrogens (primary N) is 1. The molecule has 2 heterocycles. The van der Waals surface area contributed by atoms with E-state index in [0.717, 1.165) is 0 Å². The van der Waals surface area contributed by atoms with Gasteiger partial charge in [-0.2, -0.15) is 4.98 Å². The predicted octanol–water partition coefficient (Wildman–Crippen LogP) is -0.0417. The zero-order chi connectivity index (χ0) is 18.4. The molecule has 0 bridgehead atoms. The normalized spacial score (nSPS) is 22.5. The molecule has 9 heteroatoms. The van der Waals surface area contributed by atoms with Crippen LogP contribution in [0, 0.1) is 0 Å². The molecule has 4 N–H and O–H groups in total. The third kappa shape index (κ3) is 6.11. The van der Waals surface area contributed by atoms with Crippen LogP contribution in [0.1, 0.15) is 45.3 Å². The molecular weight excluding hydrogens is 330 g/mol. The number of ether oxygens (including phenoxy) is 2. The molecule has 0 saturated carbocycles. The molecule has 0 aliphatic carbocycles. The van der Waals surface area contributed by atoms with Crippen molar-refractivity contribution in [2.24, 2.45) is 0 Å². The molecule has 140 valence electrons. The molecule has 0 radical (unpaired) electrons. The predicted molar refractivity (Wildman–Crippen MR) is 88.6 cm³/mol. The number of anilines is 1. The molecule has 2 unspecified atom stereocenters. The Bertz CT molecular complexity index is 633. The first-order chi connectivity index (χ1) is 11.8. The van der Waals surface area contributed by atoms with Crippen LogP contribution in [0.15, 0.2) is 17.1 Å². The largest absolute Gasteiger partial charge is 0.463 e. The van der Waals surface area contributed by atoms with Gasteiger partial charge in [-0.1, -0.05) is 0 Å². The molecule has 1 aliphatic rings. The Morgan fingerprint density at radius 2 is 2.24 bits per heavy atom. The number of aliphatic hydroxyl groups is 2. The third-order valence-electron chi connectivity index (χ3n) is 4.00. The van der Waals surface area contributed by atoms with E-state index in [1.165, 1.54) is 16.8 Å². The highest BCUT2D eigenvalue weighted by atomic mass is 16.6. The van der Waals surface area contributed by atoms with Crippen molar-refractivity contribution in [3.05, 3.63) is 22.7 Å². The number of carbonyl (C=O) groups excluding carboxylic acids is 1. The van der Waals surface area contributed by atoms with Crippen LogP contribution in [-0.2, 0) is 14.3 Å². The lowest BCUT2D eigenvalue weighted by Gasteiger charge is -2.16. The average molecular weight is 355 g/mol. The van der Waals surface area contributed by atoms with Crippen molar-refractivity contribution in [1.82, 2.24) is 9.55 Å². The van der Waals surface area contributed by atoms with Gasteiger partial charge in [0.2, 0.25) is 0 Å². The van der Waals surface area contributed by atoms with Gasteiger partial charge in [-0.25, -0.2) is 4.79 Å². The Hall–Kier alpha value is -1.97. The third-order valence-corrected chi connectivity index (χ3v) is 4.00. The Kier molecular flexibility index (Phi) is 6.91. The number of esters is 1. The summed E-state index contributed by atoms with van der Waals surface area (Å²) in [4.78, 5) is 27.2.